The molecule has 4 amide bonds. The molecular weight excluding hydrogens is 498 g/mol. The Bertz CT molecular complexity index is 1230. The van der Waals surface area contributed by atoms with Gasteiger partial charge in [-0.05, 0) is 54.7 Å². The van der Waals surface area contributed by atoms with E-state index in [9.17, 15) is 14.4 Å². The van der Waals surface area contributed by atoms with E-state index in [1.165, 1.54) is 16.7 Å². The molecule has 0 spiro atoms. The second-order valence-corrected chi connectivity index (χ2v) is 10.6. The van der Waals surface area contributed by atoms with Gasteiger partial charge in [-0.3, -0.25) is 4.79 Å². The van der Waals surface area contributed by atoms with Crippen molar-refractivity contribution in [2.75, 3.05) is 24.6 Å². The van der Waals surface area contributed by atoms with E-state index in [-0.39, 0.29) is 30.0 Å². The molecule has 0 radical (unpaired) electrons. The molecule has 1 fully saturated rings. The Morgan fingerprint density at radius 2 is 1.86 bits per heavy atom. The van der Waals surface area contributed by atoms with E-state index in [4.69, 9.17) is 16.3 Å². The van der Waals surface area contributed by atoms with Gasteiger partial charge < -0.3 is 14.5 Å². The van der Waals surface area contributed by atoms with Crippen molar-refractivity contribution >= 4 is 47.1 Å². The van der Waals surface area contributed by atoms with Crippen LogP contribution in [0.5, 0.6) is 0 Å². The average Bonchev–Trinajstić information content (AvgIpc) is 3.27. The third-order valence-electron chi connectivity index (χ3n) is 6.93. The number of carbonyl (C=O) groups is 3. The summed E-state index contributed by atoms with van der Waals surface area (Å²) >= 11 is 7.97. The highest BCUT2D eigenvalue weighted by Gasteiger charge is 2.53. The predicted octanol–water partition coefficient (Wildman–Crippen LogP) is 5.68. The summed E-state index contributed by atoms with van der Waals surface area (Å²) in [6, 6.07) is 14.7. The Labute approximate surface area is 220 Å². The number of nitrogens with zero attached hydrogens (tertiary/aromatic N) is 3. The van der Waals surface area contributed by atoms with E-state index in [0.717, 1.165) is 28.0 Å². The summed E-state index contributed by atoms with van der Waals surface area (Å²) in [5, 5.41) is 0.186. The van der Waals surface area contributed by atoms with Gasteiger partial charge in [0.05, 0.1) is 36.7 Å². The summed E-state index contributed by atoms with van der Waals surface area (Å²) in [6.45, 7) is 5.31. The van der Waals surface area contributed by atoms with Gasteiger partial charge in [-0.1, -0.05) is 48.9 Å². The highest BCUT2D eigenvalue weighted by molar-refractivity contribution is 8.04. The van der Waals surface area contributed by atoms with Crippen LogP contribution in [0.4, 0.5) is 15.3 Å². The number of halogens is 1. The van der Waals surface area contributed by atoms with Gasteiger partial charge in [0.25, 0.3) is 0 Å². The molecule has 0 aromatic heterocycles. The third-order valence-corrected chi connectivity index (χ3v) is 8.74. The van der Waals surface area contributed by atoms with Crippen LogP contribution >= 0.6 is 23.4 Å². The third kappa shape index (κ3) is 4.37. The number of anilines is 1. The Morgan fingerprint density at radius 3 is 2.56 bits per heavy atom. The monoisotopic (exact) mass is 525 g/mol. The molecule has 2 unspecified atom stereocenters. The lowest BCUT2D eigenvalue weighted by molar-refractivity contribution is -0.122. The number of fused-ring (bicyclic) bond motifs is 2. The van der Waals surface area contributed by atoms with Crippen molar-refractivity contribution in [3.63, 3.8) is 0 Å². The Kier molecular flexibility index (Phi) is 6.99. The standard InChI is InChI=1S/C27H28ClN3O4S/c1-3-17-9-11-19(12-10-17)31-24(32)23-20-13-14-29(27(34)35-4-2)16-22(20)36-25(23)30(26(31)33)15-18-7-5-6-8-21(18)28/h5-12,23,25H,3-4,13-16H2,1-2H3. The first-order valence-electron chi connectivity index (χ1n) is 12.2. The molecule has 9 heteroatoms. The van der Waals surface area contributed by atoms with Gasteiger partial charge in [-0.25, -0.2) is 14.5 Å². The molecule has 7 nitrogen and oxygen atoms in total. The van der Waals surface area contributed by atoms with Gasteiger partial charge in [0.2, 0.25) is 5.91 Å². The molecule has 0 saturated carbocycles. The van der Waals surface area contributed by atoms with E-state index in [1.807, 2.05) is 42.5 Å². The summed E-state index contributed by atoms with van der Waals surface area (Å²) in [6.07, 6.45) is 1.09. The van der Waals surface area contributed by atoms with Crippen molar-refractivity contribution in [3.8, 4) is 0 Å². The van der Waals surface area contributed by atoms with Gasteiger partial charge in [-0.15, -0.1) is 11.8 Å². The molecule has 188 valence electrons. The van der Waals surface area contributed by atoms with Crippen LogP contribution in [0.25, 0.3) is 0 Å². The molecule has 3 heterocycles. The molecule has 3 aliphatic heterocycles. The first kappa shape index (κ1) is 24.7. The lowest BCUT2D eigenvalue weighted by Crippen LogP contribution is -2.60. The number of benzene rings is 2. The number of aryl methyl sites for hydroxylation is 1. The first-order chi connectivity index (χ1) is 17.4. The maximum atomic E-state index is 13.9. The summed E-state index contributed by atoms with van der Waals surface area (Å²) in [4.78, 5) is 45.9. The largest absolute Gasteiger partial charge is 0.450 e. The maximum absolute atomic E-state index is 13.9. The van der Waals surface area contributed by atoms with Gasteiger partial charge in [-0.2, -0.15) is 0 Å². The number of hydrogen-bond acceptors (Lipinski definition) is 5. The molecule has 0 aliphatic carbocycles. The summed E-state index contributed by atoms with van der Waals surface area (Å²) in [5.74, 6) is -0.688. The quantitative estimate of drug-likeness (QED) is 0.502. The van der Waals surface area contributed by atoms with Gasteiger partial charge in [0.1, 0.15) is 0 Å². The van der Waals surface area contributed by atoms with E-state index >= 15 is 0 Å². The summed E-state index contributed by atoms with van der Waals surface area (Å²) < 4.78 is 5.19. The fraction of sp³-hybridized carbons (Fsp3) is 0.370. The van der Waals surface area contributed by atoms with Gasteiger partial charge >= 0.3 is 12.1 Å². The Balaban J connectivity index is 1.51. The zero-order valence-electron chi connectivity index (χ0n) is 20.3. The van der Waals surface area contributed by atoms with E-state index in [0.29, 0.717) is 36.8 Å². The van der Waals surface area contributed by atoms with E-state index < -0.39 is 5.92 Å². The van der Waals surface area contributed by atoms with Crippen molar-refractivity contribution in [2.24, 2.45) is 5.92 Å². The van der Waals surface area contributed by atoms with Crippen LogP contribution in [0.15, 0.2) is 59.0 Å². The molecule has 0 bridgehead atoms. The lowest BCUT2D eigenvalue weighted by atomic mass is 9.90. The number of ether oxygens (including phenoxy) is 1. The fourth-order valence-electron chi connectivity index (χ4n) is 5.02. The topological polar surface area (TPSA) is 70.2 Å². The van der Waals surface area contributed by atoms with Gasteiger partial charge in [0.15, 0.2) is 0 Å². The second-order valence-electron chi connectivity index (χ2n) is 9.00. The fourth-order valence-corrected chi connectivity index (χ4v) is 6.83. The zero-order chi connectivity index (χ0) is 25.4. The SMILES string of the molecule is CCOC(=O)N1CCC2=C(C1)SC1C2C(=O)N(c2ccc(CC)cc2)C(=O)N1Cc1ccccc1Cl. The molecule has 2 atom stereocenters. The van der Waals surface area contributed by atoms with Crippen molar-refractivity contribution in [2.45, 2.75) is 38.6 Å². The number of rotatable bonds is 5. The number of carbonyl (C=O) groups excluding carboxylic acids is 3. The van der Waals surface area contributed by atoms with Crippen LogP contribution in [0.3, 0.4) is 0 Å². The van der Waals surface area contributed by atoms with Crippen LogP contribution in [0.1, 0.15) is 31.4 Å². The normalized spacial score (nSPS) is 21.6. The number of imide groups is 1. The van der Waals surface area contributed by atoms with Crippen LogP contribution in [0, 0.1) is 5.92 Å². The number of urea groups is 1. The van der Waals surface area contributed by atoms with Crippen molar-refractivity contribution in [3.05, 3.63) is 75.2 Å². The zero-order valence-corrected chi connectivity index (χ0v) is 21.8. The summed E-state index contributed by atoms with van der Waals surface area (Å²) in [7, 11) is 0. The van der Waals surface area contributed by atoms with Crippen LogP contribution < -0.4 is 4.90 Å². The second kappa shape index (κ2) is 10.2. The predicted molar refractivity (Wildman–Crippen MR) is 141 cm³/mol. The number of thioether (sulfide) groups is 1. The van der Waals surface area contributed by atoms with Crippen molar-refractivity contribution < 1.29 is 19.1 Å². The van der Waals surface area contributed by atoms with E-state index in [2.05, 4.69) is 6.92 Å². The number of amides is 4. The number of hydrogen-bond donors (Lipinski definition) is 0. The van der Waals surface area contributed by atoms with Crippen LogP contribution in [-0.2, 0) is 22.5 Å². The molecule has 0 N–H and O–H groups in total. The molecule has 1 saturated heterocycles. The smallest absolute Gasteiger partial charge is 0.410 e. The highest BCUT2D eigenvalue weighted by Crippen LogP contribution is 2.51. The molecule has 2 aromatic carbocycles. The minimum absolute atomic E-state index is 0.216. The van der Waals surface area contributed by atoms with E-state index in [1.54, 1.807) is 22.8 Å². The molecular formula is C27H28ClN3O4S. The Morgan fingerprint density at radius 1 is 1.11 bits per heavy atom. The highest BCUT2D eigenvalue weighted by atomic mass is 35.5. The van der Waals surface area contributed by atoms with Crippen LogP contribution in [-0.4, -0.2) is 52.9 Å². The maximum Gasteiger partial charge on any atom is 0.410 e. The molecule has 5 rings (SSSR count). The van der Waals surface area contributed by atoms with Crippen LogP contribution in [0.2, 0.25) is 5.02 Å². The van der Waals surface area contributed by atoms with Crippen molar-refractivity contribution in [1.82, 2.24) is 9.80 Å². The van der Waals surface area contributed by atoms with Crippen molar-refractivity contribution in [1.29, 1.82) is 0 Å². The molecule has 3 aliphatic rings. The minimum Gasteiger partial charge on any atom is -0.450 e. The van der Waals surface area contributed by atoms with Gasteiger partial charge in [0, 0.05) is 16.5 Å². The first-order valence-corrected chi connectivity index (χ1v) is 13.5. The average molecular weight is 526 g/mol. The minimum atomic E-state index is -0.472. The summed E-state index contributed by atoms with van der Waals surface area (Å²) in [5.41, 5.74) is 3.53. The Hall–Kier alpha value is -2.97. The molecule has 2 aromatic rings. The molecule has 36 heavy (non-hydrogen) atoms. The lowest BCUT2D eigenvalue weighted by Gasteiger charge is -2.42.